The quantitative estimate of drug-likeness (QED) is 0.0198. The van der Waals surface area contributed by atoms with E-state index in [1.165, 1.54) is 26.0 Å². The molecule has 4 aromatic rings. The lowest BCUT2D eigenvalue weighted by Gasteiger charge is -2.39. The van der Waals surface area contributed by atoms with Crippen molar-refractivity contribution in [3.63, 3.8) is 0 Å². The number of fused-ring (bicyclic) bond motifs is 1. The molecule has 15 atom stereocenters. The van der Waals surface area contributed by atoms with E-state index in [9.17, 15) is 69.6 Å². The third kappa shape index (κ3) is 21.4. The normalized spacial score (nSPS) is 25.8. The van der Waals surface area contributed by atoms with E-state index in [4.69, 9.17) is 4.74 Å². The van der Waals surface area contributed by atoms with Crippen molar-refractivity contribution < 1.29 is 89.7 Å². The van der Waals surface area contributed by atoms with Gasteiger partial charge in [0.05, 0.1) is 41.6 Å². The first-order chi connectivity index (χ1) is 42.5. The Kier molecular flexibility index (Phi) is 29.0. The molecule has 2 aliphatic rings. The highest BCUT2D eigenvalue weighted by molar-refractivity contribution is 14.1. The minimum absolute atomic E-state index is 0.00155. The number of H-pyrrole nitrogens is 1. The second kappa shape index (κ2) is 35.7. The summed E-state index contributed by atoms with van der Waals surface area (Å²) in [6.45, 7) is 1.63. The molecule has 488 valence electrons. The maximum atomic E-state index is 15.1. The van der Waals surface area contributed by atoms with Gasteiger partial charge in [0.25, 0.3) is 0 Å². The van der Waals surface area contributed by atoms with Crippen molar-refractivity contribution in [2.24, 2.45) is 0 Å². The van der Waals surface area contributed by atoms with Crippen molar-refractivity contribution >= 4 is 114 Å². The van der Waals surface area contributed by atoms with Gasteiger partial charge in [-0.05, 0) is 90.6 Å². The number of aromatic nitrogens is 1. The SMILES string of the molecule is CC(O)[C@@H]1NC(=O)[C@H](CCCC[NH3+])NC(=O)[C@@H](Cc2c[nH]c3ccccc23)NC(=O)[C@H](Cc2ccc(O)c(I)c2)NC(=O)C(NC(=O)C(Cc2ccccc2)NC(=O)CCS[C@@H]2OC(CO)[C@@H](O)[C@H](O)C2O)CSSC[C@@H](C(=O)N[C@H](CO)C(C)O)NC1=O. The van der Waals surface area contributed by atoms with Crippen molar-refractivity contribution in [2.75, 3.05) is 37.0 Å². The number of para-hydroxylation sites is 1. The molecule has 0 saturated carbocycles. The van der Waals surface area contributed by atoms with Crippen LogP contribution in [-0.4, -0.2) is 221 Å². The van der Waals surface area contributed by atoms with E-state index in [0.717, 1.165) is 33.3 Å². The van der Waals surface area contributed by atoms with Gasteiger partial charge in [0.1, 0.15) is 77.9 Å². The number of aliphatic hydroxyl groups is 7. The van der Waals surface area contributed by atoms with E-state index in [0.29, 0.717) is 50.5 Å². The Morgan fingerprint density at radius 2 is 1.43 bits per heavy atom. The lowest BCUT2D eigenvalue weighted by Crippen LogP contribution is -2.62. The molecule has 6 rings (SSSR count). The van der Waals surface area contributed by atoms with E-state index < -0.39 is 151 Å². The van der Waals surface area contributed by atoms with E-state index in [-0.39, 0.29) is 55.1 Å². The molecule has 3 heterocycles. The molecule has 0 bridgehead atoms. The Labute approximate surface area is 539 Å². The van der Waals surface area contributed by atoms with Gasteiger partial charge in [-0.3, -0.25) is 38.4 Å². The number of rotatable bonds is 23. The highest BCUT2D eigenvalue weighted by Crippen LogP contribution is 2.30. The maximum absolute atomic E-state index is 15.1. The summed E-state index contributed by atoms with van der Waals surface area (Å²) >= 11 is 2.82. The molecule has 2 saturated heterocycles. The molecule has 3 aromatic carbocycles. The van der Waals surface area contributed by atoms with Crippen LogP contribution in [0.15, 0.2) is 79.0 Å². The summed E-state index contributed by atoms with van der Waals surface area (Å²) in [7, 11) is 1.85. The summed E-state index contributed by atoms with van der Waals surface area (Å²) in [5.41, 5.74) is 5.05. The number of halogens is 1. The van der Waals surface area contributed by atoms with E-state index in [1.54, 1.807) is 60.8 Å². The number of phenolic OH excluding ortho intramolecular Hbond substituents is 1. The average molecular weight is 1410 g/mol. The number of hydrogen-bond donors (Lipinski definition) is 18. The molecular weight excluding hydrogens is 1330 g/mol. The van der Waals surface area contributed by atoms with Gasteiger partial charge in [0, 0.05) is 60.0 Å². The first-order valence-corrected chi connectivity index (χ1v) is 33.5. The molecule has 1 aromatic heterocycles. The van der Waals surface area contributed by atoms with Crippen LogP contribution in [0.2, 0.25) is 0 Å². The zero-order chi connectivity index (χ0) is 64.9. The van der Waals surface area contributed by atoms with Gasteiger partial charge >= 0.3 is 0 Å². The summed E-state index contributed by atoms with van der Waals surface area (Å²) in [4.78, 5) is 120. The van der Waals surface area contributed by atoms with Crippen molar-refractivity contribution in [3.8, 4) is 5.75 Å². The van der Waals surface area contributed by atoms with Gasteiger partial charge < -0.3 is 98.8 Å². The molecule has 2 aliphatic heterocycles. The Morgan fingerprint density at radius 1 is 0.764 bits per heavy atom. The number of carbonyl (C=O) groups excluding carboxylic acids is 8. The molecule has 8 amide bonds. The molecule has 6 unspecified atom stereocenters. The molecule has 20 N–H and O–H groups in total. The van der Waals surface area contributed by atoms with Gasteiger partial charge in [0.2, 0.25) is 47.3 Å². The number of nitrogens with one attached hydrogen (secondary N) is 9. The third-order valence-electron chi connectivity index (χ3n) is 14.8. The summed E-state index contributed by atoms with van der Waals surface area (Å²) in [6.07, 6.45) is -7.17. The van der Waals surface area contributed by atoms with Crippen LogP contribution in [0.4, 0.5) is 0 Å². The molecular formula is C58H80IN10O17S3+. The maximum Gasteiger partial charge on any atom is 0.245 e. The Hall–Kier alpha value is -5.82. The summed E-state index contributed by atoms with van der Waals surface area (Å²) in [5, 5.41) is 105. The number of thioether (sulfide) groups is 1. The Balaban J connectivity index is 1.39. The Bertz CT molecular complexity index is 3030. The standard InChI is InChI=1S/C58H79IN10O17S3/c1-29(72)41(25-70)66-56(84)43-28-89-88-27-42(67-52(80)38(21-31-10-4-3-5-11-31)62-46(75)17-19-87-58-50(78)49(77)48(76)45(26-71)86-58)55(83)64-39(22-32-15-16-44(74)35(59)20-32)53(81)65-40(23-33-24-61-36-13-7-6-12-34(33)36)54(82)63-37(14-8-9-18-60)51(79)69-47(30(2)73)57(85)68-43/h3-7,10-13,15-16,20,24,29-30,37-43,45,47-50,58,61,70-74,76-78H,8-9,14,17-19,21-23,25-28,60H2,1-2H3,(H,62,75)(H,63,82)(H,64,83)(H,65,81)(H,66,84)(H,67,80)(H,68,85)(H,69,79)/p+1/t29?,30?,37-,38?,39-,40+,41+,42?,43-,45?,47-,48+,49-,50?,58-/m0/s1. The molecule has 31 heteroatoms. The van der Waals surface area contributed by atoms with Crippen LogP contribution in [0.25, 0.3) is 10.9 Å². The van der Waals surface area contributed by atoms with E-state index in [2.05, 4.69) is 53.3 Å². The van der Waals surface area contributed by atoms with Crippen LogP contribution < -0.4 is 48.3 Å². The van der Waals surface area contributed by atoms with Crippen molar-refractivity contribution in [3.05, 3.63) is 99.3 Å². The second-order valence-electron chi connectivity index (χ2n) is 21.7. The van der Waals surface area contributed by atoms with Gasteiger partial charge in [-0.15, -0.1) is 11.8 Å². The largest absolute Gasteiger partial charge is 0.507 e. The van der Waals surface area contributed by atoms with Crippen LogP contribution >= 0.6 is 55.9 Å². The number of aromatic amines is 1. The minimum Gasteiger partial charge on any atom is -0.507 e. The number of hydrogen-bond acceptors (Lipinski definition) is 20. The minimum atomic E-state index is -1.74. The summed E-state index contributed by atoms with van der Waals surface area (Å²) in [5.74, 6) is -7.84. The van der Waals surface area contributed by atoms with Crippen LogP contribution in [0, 0.1) is 3.57 Å². The van der Waals surface area contributed by atoms with Crippen molar-refractivity contribution in [2.45, 2.75) is 149 Å². The van der Waals surface area contributed by atoms with Crippen LogP contribution in [0.5, 0.6) is 5.75 Å². The van der Waals surface area contributed by atoms with Gasteiger partial charge in [-0.2, -0.15) is 0 Å². The first-order valence-electron chi connectivity index (χ1n) is 28.9. The second-order valence-corrected chi connectivity index (χ2v) is 26.6. The number of unbranched alkanes of at least 4 members (excludes halogenated alkanes) is 1. The number of aliphatic hydroxyl groups excluding tert-OH is 7. The zero-order valence-corrected chi connectivity index (χ0v) is 53.5. The van der Waals surface area contributed by atoms with Crippen molar-refractivity contribution in [1.82, 2.24) is 47.5 Å². The van der Waals surface area contributed by atoms with Crippen LogP contribution in [0.3, 0.4) is 0 Å². The monoisotopic (exact) mass is 1410 g/mol. The molecule has 2 fully saturated rings. The highest BCUT2D eigenvalue weighted by atomic mass is 127. The number of aromatic hydroxyl groups is 1. The number of carbonyl (C=O) groups is 8. The third-order valence-corrected chi connectivity index (χ3v) is 19.3. The number of benzene rings is 3. The fourth-order valence-corrected chi connectivity index (χ4v) is 13.7. The van der Waals surface area contributed by atoms with Gasteiger partial charge in [-0.1, -0.05) is 76.2 Å². The molecule has 0 aliphatic carbocycles. The smallest absolute Gasteiger partial charge is 0.245 e. The molecule has 27 nitrogen and oxygen atoms in total. The van der Waals surface area contributed by atoms with Crippen LogP contribution in [-0.2, 0) is 62.4 Å². The molecule has 89 heavy (non-hydrogen) atoms. The number of phenols is 1. The van der Waals surface area contributed by atoms with Gasteiger partial charge in [0.15, 0.2) is 0 Å². The average Bonchev–Trinajstić information content (AvgIpc) is 2.18. The predicted molar refractivity (Wildman–Crippen MR) is 340 cm³/mol. The fourth-order valence-electron chi connectivity index (χ4n) is 9.65. The summed E-state index contributed by atoms with van der Waals surface area (Å²) < 4.78 is 5.97. The number of ether oxygens (including phenoxy) is 1. The van der Waals surface area contributed by atoms with E-state index >= 15 is 9.59 Å². The predicted octanol–water partition coefficient (Wildman–Crippen LogP) is -3.13. The lowest BCUT2D eigenvalue weighted by molar-refractivity contribution is -0.368. The molecule has 0 radical (unpaired) electrons. The fraction of sp³-hybridized carbons (Fsp3) is 0.517. The summed E-state index contributed by atoms with van der Waals surface area (Å²) in [6, 6.07) is 8.45. The number of quaternary nitrogens is 1. The van der Waals surface area contributed by atoms with E-state index in [1.807, 2.05) is 28.7 Å². The van der Waals surface area contributed by atoms with Crippen LogP contribution in [0.1, 0.15) is 56.2 Å². The van der Waals surface area contributed by atoms with Crippen molar-refractivity contribution in [1.29, 1.82) is 0 Å². The zero-order valence-electron chi connectivity index (χ0n) is 48.9. The first kappa shape index (κ1) is 72.2. The molecule has 0 spiro atoms. The highest BCUT2D eigenvalue weighted by Gasteiger charge is 2.44. The lowest BCUT2D eigenvalue weighted by atomic mass is 10.0. The topological polar surface area (TPSA) is 447 Å². The van der Waals surface area contributed by atoms with Gasteiger partial charge in [-0.25, -0.2) is 0 Å². The Morgan fingerprint density at radius 3 is 2.10 bits per heavy atom. The number of amides is 8.